The number of nitrogens with one attached hydrogen (secondary N) is 1. The van der Waals surface area contributed by atoms with Crippen molar-refractivity contribution < 1.29 is 9.59 Å². The molecule has 2 aromatic carbocycles. The number of benzene rings is 2. The summed E-state index contributed by atoms with van der Waals surface area (Å²) in [5, 5.41) is 2.98. The molecule has 1 aliphatic carbocycles. The molecule has 2 aromatic rings. The first-order valence-electron chi connectivity index (χ1n) is 9.29. The van der Waals surface area contributed by atoms with Crippen LogP contribution in [0.3, 0.4) is 0 Å². The molecule has 0 spiro atoms. The third kappa shape index (κ3) is 2.90. The summed E-state index contributed by atoms with van der Waals surface area (Å²) < 4.78 is 0. The zero-order valence-corrected chi connectivity index (χ0v) is 15.3. The van der Waals surface area contributed by atoms with E-state index < -0.39 is 5.41 Å². The number of hydrogen-bond acceptors (Lipinski definition) is 2. The number of amides is 2. The molecule has 2 aliphatic rings. The molecule has 4 rings (SSSR count). The van der Waals surface area contributed by atoms with Crippen LogP contribution in [0.25, 0.3) is 0 Å². The minimum Gasteiger partial charge on any atom is -0.325 e. The van der Waals surface area contributed by atoms with Gasteiger partial charge >= 0.3 is 0 Å². The molecule has 2 amide bonds. The van der Waals surface area contributed by atoms with E-state index in [9.17, 15) is 9.59 Å². The number of para-hydroxylation sites is 1. The molecular weight excluding hydrogens is 324 g/mol. The largest absolute Gasteiger partial charge is 0.325 e. The lowest BCUT2D eigenvalue weighted by molar-refractivity contribution is -0.132. The lowest BCUT2D eigenvalue weighted by Crippen LogP contribution is -2.45. The van der Waals surface area contributed by atoms with Gasteiger partial charge in [-0.1, -0.05) is 24.3 Å². The average Bonchev–Trinajstić information content (AvgIpc) is 3.42. The van der Waals surface area contributed by atoms with Crippen molar-refractivity contribution in [3.05, 3.63) is 59.2 Å². The Morgan fingerprint density at radius 3 is 2.42 bits per heavy atom. The highest BCUT2D eigenvalue weighted by Gasteiger charge is 2.58. The number of nitrogens with zero attached hydrogens (tertiary/aromatic N) is 1. The molecule has 26 heavy (non-hydrogen) atoms. The summed E-state index contributed by atoms with van der Waals surface area (Å²) in [6.45, 7) is 4.70. The third-order valence-corrected chi connectivity index (χ3v) is 5.43. The summed E-state index contributed by atoms with van der Waals surface area (Å²) in [5.41, 5.74) is 4.22. The third-order valence-electron chi connectivity index (χ3n) is 5.43. The van der Waals surface area contributed by atoms with Crippen LogP contribution >= 0.6 is 0 Å². The molecule has 1 heterocycles. The van der Waals surface area contributed by atoms with Gasteiger partial charge in [0.05, 0.1) is 0 Å². The van der Waals surface area contributed by atoms with Crippen molar-refractivity contribution in [2.45, 2.75) is 39.5 Å². The summed E-state index contributed by atoms with van der Waals surface area (Å²) in [4.78, 5) is 28.1. The zero-order valence-electron chi connectivity index (χ0n) is 15.3. The van der Waals surface area contributed by atoms with Gasteiger partial charge < -0.3 is 10.2 Å². The standard InChI is InChI=1S/C22H24N2O2/c1-15-12-16(2)14-18(13-15)23-20(25)22(9-10-22)21(26)24-11-5-7-17-6-3-4-8-19(17)24/h3-4,6,8,12-14H,5,7,9-11H2,1-2H3,(H,23,25). The summed E-state index contributed by atoms with van der Waals surface area (Å²) in [6, 6.07) is 14.0. The summed E-state index contributed by atoms with van der Waals surface area (Å²) in [5.74, 6) is -0.220. The Balaban J connectivity index is 1.57. The molecule has 0 atom stereocenters. The fourth-order valence-electron chi connectivity index (χ4n) is 3.96. The maximum absolute atomic E-state index is 13.3. The zero-order chi connectivity index (χ0) is 18.3. The molecule has 0 saturated heterocycles. The number of aryl methyl sites for hydroxylation is 3. The summed E-state index contributed by atoms with van der Waals surface area (Å²) in [7, 11) is 0. The Bertz CT molecular complexity index is 863. The van der Waals surface area contributed by atoms with E-state index >= 15 is 0 Å². The first-order chi connectivity index (χ1) is 12.5. The first-order valence-corrected chi connectivity index (χ1v) is 9.29. The van der Waals surface area contributed by atoms with E-state index in [1.807, 2.05) is 49.1 Å². The van der Waals surface area contributed by atoms with Crippen molar-refractivity contribution >= 4 is 23.2 Å². The second-order valence-corrected chi connectivity index (χ2v) is 7.60. The lowest BCUT2D eigenvalue weighted by Gasteiger charge is -2.32. The van der Waals surface area contributed by atoms with E-state index in [1.165, 1.54) is 5.56 Å². The fraction of sp³-hybridized carbons (Fsp3) is 0.364. The van der Waals surface area contributed by atoms with Gasteiger partial charge in [-0.3, -0.25) is 9.59 Å². The predicted octanol–water partition coefficient (Wildman–Crippen LogP) is 4.00. The van der Waals surface area contributed by atoms with Gasteiger partial charge in [0.15, 0.2) is 0 Å². The maximum Gasteiger partial charge on any atom is 0.242 e. The molecular formula is C22H24N2O2. The maximum atomic E-state index is 13.3. The highest BCUT2D eigenvalue weighted by Crippen LogP contribution is 2.49. The lowest BCUT2D eigenvalue weighted by atomic mass is 9.97. The average molecular weight is 348 g/mol. The number of carbonyl (C=O) groups is 2. The van der Waals surface area contributed by atoms with Crippen LogP contribution in [0.15, 0.2) is 42.5 Å². The van der Waals surface area contributed by atoms with E-state index in [0.717, 1.165) is 35.3 Å². The van der Waals surface area contributed by atoms with Crippen molar-refractivity contribution in [1.29, 1.82) is 0 Å². The van der Waals surface area contributed by atoms with Crippen molar-refractivity contribution in [2.75, 3.05) is 16.8 Å². The molecule has 1 aliphatic heterocycles. The summed E-state index contributed by atoms with van der Waals surface area (Å²) in [6.07, 6.45) is 3.18. The van der Waals surface area contributed by atoms with Crippen LogP contribution in [0, 0.1) is 19.3 Å². The Kier molecular flexibility index (Phi) is 4.06. The highest BCUT2D eigenvalue weighted by atomic mass is 16.2. The molecule has 0 radical (unpaired) electrons. The van der Waals surface area contributed by atoms with Crippen LogP contribution in [0.4, 0.5) is 11.4 Å². The molecule has 0 bridgehead atoms. The van der Waals surface area contributed by atoms with E-state index in [1.54, 1.807) is 0 Å². The summed E-state index contributed by atoms with van der Waals surface area (Å²) >= 11 is 0. The number of hydrogen-bond donors (Lipinski definition) is 1. The van der Waals surface area contributed by atoms with Crippen LogP contribution in [-0.4, -0.2) is 18.4 Å². The van der Waals surface area contributed by atoms with Crippen LogP contribution in [0.5, 0.6) is 0 Å². The van der Waals surface area contributed by atoms with E-state index in [0.29, 0.717) is 19.4 Å². The van der Waals surface area contributed by atoms with Crippen LogP contribution in [0.2, 0.25) is 0 Å². The van der Waals surface area contributed by atoms with Gasteiger partial charge in [-0.05, 0) is 74.4 Å². The van der Waals surface area contributed by atoms with Gasteiger partial charge in [-0.25, -0.2) is 0 Å². The molecule has 134 valence electrons. The van der Waals surface area contributed by atoms with Gasteiger partial charge in [0.1, 0.15) is 5.41 Å². The van der Waals surface area contributed by atoms with Gasteiger partial charge in [0.2, 0.25) is 11.8 Å². The monoisotopic (exact) mass is 348 g/mol. The molecule has 4 nitrogen and oxygen atoms in total. The van der Waals surface area contributed by atoms with Crippen molar-refractivity contribution in [3.63, 3.8) is 0 Å². The van der Waals surface area contributed by atoms with Crippen molar-refractivity contribution in [3.8, 4) is 0 Å². The van der Waals surface area contributed by atoms with Gasteiger partial charge in [-0.15, -0.1) is 0 Å². The Labute approximate surface area is 154 Å². The topological polar surface area (TPSA) is 49.4 Å². The highest BCUT2D eigenvalue weighted by molar-refractivity contribution is 6.18. The fourth-order valence-corrected chi connectivity index (χ4v) is 3.96. The SMILES string of the molecule is Cc1cc(C)cc(NC(=O)C2(C(=O)N3CCCc4ccccc43)CC2)c1. The van der Waals surface area contributed by atoms with E-state index in [-0.39, 0.29) is 11.8 Å². The van der Waals surface area contributed by atoms with Gasteiger partial charge in [0.25, 0.3) is 0 Å². The molecule has 4 heteroatoms. The normalized spacial score (nSPS) is 17.4. The Morgan fingerprint density at radius 1 is 1.04 bits per heavy atom. The number of rotatable bonds is 3. The van der Waals surface area contributed by atoms with E-state index in [2.05, 4.69) is 17.4 Å². The van der Waals surface area contributed by atoms with Crippen LogP contribution in [0.1, 0.15) is 36.0 Å². The Morgan fingerprint density at radius 2 is 1.73 bits per heavy atom. The second-order valence-electron chi connectivity index (χ2n) is 7.60. The smallest absolute Gasteiger partial charge is 0.242 e. The molecule has 1 N–H and O–H groups in total. The molecule has 0 aromatic heterocycles. The van der Waals surface area contributed by atoms with Gasteiger partial charge in [-0.2, -0.15) is 0 Å². The second kappa shape index (κ2) is 6.27. The predicted molar refractivity (Wildman–Crippen MR) is 103 cm³/mol. The first kappa shape index (κ1) is 16.8. The van der Waals surface area contributed by atoms with Crippen LogP contribution in [-0.2, 0) is 16.0 Å². The van der Waals surface area contributed by atoms with Crippen molar-refractivity contribution in [1.82, 2.24) is 0 Å². The minimum absolute atomic E-state index is 0.0495. The van der Waals surface area contributed by atoms with E-state index in [4.69, 9.17) is 0 Å². The number of carbonyl (C=O) groups excluding carboxylic acids is 2. The van der Waals surface area contributed by atoms with Crippen LogP contribution < -0.4 is 10.2 Å². The van der Waals surface area contributed by atoms with Gasteiger partial charge in [0, 0.05) is 17.9 Å². The minimum atomic E-state index is -0.901. The number of fused-ring (bicyclic) bond motifs is 1. The van der Waals surface area contributed by atoms with Crippen molar-refractivity contribution in [2.24, 2.45) is 5.41 Å². The quantitative estimate of drug-likeness (QED) is 0.852. The molecule has 0 unspecified atom stereocenters. The molecule has 1 saturated carbocycles. The number of anilines is 2. The Hall–Kier alpha value is -2.62. The molecule has 1 fully saturated rings.